The highest BCUT2D eigenvalue weighted by Gasteiger charge is 2.12. The van der Waals surface area contributed by atoms with Crippen LogP contribution < -0.4 is 17.2 Å². The van der Waals surface area contributed by atoms with Crippen molar-refractivity contribution >= 4 is 17.9 Å². The van der Waals surface area contributed by atoms with Gasteiger partial charge in [-0.3, -0.25) is 14.4 Å². The summed E-state index contributed by atoms with van der Waals surface area (Å²) in [5.41, 5.74) is 18.9. The number of benzene rings is 3. The third kappa shape index (κ3) is 13.0. The van der Waals surface area contributed by atoms with E-state index in [4.69, 9.17) is 32.5 Å². The van der Waals surface area contributed by atoms with Crippen LogP contribution >= 0.6 is 0 Å². The van der Waals surface area contributed by atoms with E-state index in [1.54, 1.807) is 0 Å². The second-order valence-electron chi connectivity index (χ2n) is 7.90. The van der Waals surface area contributed by atoms with E-state index < -0.39 is 36.0 Å². The van der Waals surface area contributed by atoms with Crippen LogP contribution in [0.15, 0.2) is 91.0 Å². The molecule has 9 nitrogen and oxygen atoms in total. The Labute approximate surface area is 210 Å². The van der Waals surface area contributed by atoms with Crippen molar-refractivity contribution in [3.05, 3.63) is 108 Å². The van der Waals surface area contributed by atoms with Gasteiger partial charge in [-0.2, -0.15) is 0 Å². The maximum atomic E-state index is 10.4. The number of rotatable bonds is 9. The second-order valence-corrected chi connectivity index (χ2v) is 7.90. The van der Waals surface area contributed by atoms with E-state index in [1.165, 1.54) is 0 Å². The number of carbonyl (C=O) groups is 3. The first-order chi connectivity index (χ1) is 17.1. The Hall–Kier alpha value is -4.05. The Bertz CT molecular complexity index is 912. The number of carboxylic acids is 3. The number of nitrogens with two attached hydrogens (primary N) is 3. The zero-order chi connectivity index (χ0) is 26.9. The first-order valence-corrected chi connectivity index (χ1v) is 11.2. The van der Waals surface area contributed by atoms with Gasteiger partial charge in [-0.1, -0.05) is 91.0 Å². The van der Waals surface area contributed by atoms with Crippen molar-refractivity contribution in [2.75, 3.05) is 0 Å². The molecule has 192 valence electrons. The van der Waals surface area contributed by atoms with E-state index in [0.717, 1.165) is 16.7 Å². The number of hydrogen-bond acceptors (Lipinski definition) is 6. The predicted octanol–water partition coefficient (Wildman–Crippen LogP) is 1.92. The van der Waals surface area contributed by atoms with Gasteiger partial charge < -0.3 is 32.5 Å². The summed E-state index contributed by atoms with van der Waals surface area (Å²) in [6.07, 6.45) is 1.16. The van der Waals surface area contributed by atoms with Crippen molar-refractivity contribution in [3.63, 3.8) is 0 Å². The zero-order valence-electron chi connectivity index (χ0n) is 19.8. The van der Waals surface area contributed by atoms with E-state index in [9.17, 15) is 14.4 Å². The van der Waals surface area contributed by atoms with E-state index in [2.05, 4.69) is 0 Å². The van der Waals surface area contributed by atoms with E-state index in [1.807, 2.05) is 91.0 Å². The molecule has 0 fully saturated rings. The van der Waals surface area contributed by atoms with Gasteiger partial charge in [-0.05, 0) is 36.0 Å². The molecule has 0 aliphatic rings. The summed E-state index contributed by atoms with van der Waals surface area (Å²) in [6.45, 7) is 0. The van der Waals surface area contributed by atoms with Crippen LogP contribution in [-0.4, -0.2) is 51.4 Å². The molecule has 3 rings (SSSR count). The summed E-state index contributed by atoms with van der Waals surface area (Å²) in [4.78, 5) is 31.1. The highest BCUT2D eigenvalue weighted by Crippen LogP contribution is 2.03. The smallest absolute Gasteiger partial charge is 0.320 e. The van der Waals surface area contributed by atoms with Crippen LogP contribution in [-0.2, 0) is 33.6 Å². The normalized spacial score (nSPS) is 12.4. The van der Waals surface area contributed by atoms with E-state index in [0.29, 0.717) is 19.3 Å². The lowest BCUT2D eigenvalue weighted by molar-refractivity contribution is -0.139. The molecule has 0 heterocycles. The van der Waals surface area contributed by atoms with Crippen molar-refractivity contribution < 1.29 is 29.7 Å². The first-order valence-electron chi connectivity index (χ1n) is 11.2. The lowest BCUT2D eigenvalue weighted by atomic mass is 10.1. The molecule has 0 radical (unpaired) electrons. The molecule has 3 aromatic carbocycles. The fourth-order valence-corrected chi connectivity index (χ4v) is 2.87. The minimum atomic E-state index is -0.959. The zero-order valence-corrected chi connectivity index (χ0v) is 19.8. The largest absolute Gasteiger partial charge is 0.480 e. The highest BCUT2D eigenvalue weighted by molar-refractivity contribution is 5.74. The van der Waals surface area contributed by atoms with Gasteiger partial charge in [0.05, 0.1) is 0 Å². The van der Waals surface area contributed by atoms with Crippen molar-refractivity contribution in [2.45, 2.75) is 37.4 Å². The van der Waals surface area contributed by atoms with Crippen LogP contribution in [0.25, 0.3) is 0 Å². The monoisotopic (exact) mass is 495 g/mol. The summed E-state index contributed by atoms with van der Waals surface area (Å²) < 4.78 is 0. The van der Waals surface area contributed by atoms with Crippen LogP contribution in [0.2, 0.25) is 0 Å². The van der Waals surface area contributed by atoms with Crippen LogP contribution in [0.5, 0.6) is 0 Å². The fourth-order valence-electron chi connectivity index (χ4n) is 2.87. The molecular formula is C27H33N3O6. The van der Waals surface area contributed by atoms with Crippen molar-refractivity contribution in [1.29, 1.82) is 0 Å². The first kappa shape index (κ1) is 30.0. The molecule has 0 aromatic heterocycles. The van der Waals surface area contributed by atoms with Gasteiger partial charge >= 0.3 is 17.9 Å². The second kappa shape index (κ2) is 16.6. The van der Waals surface area contributed by atoms with Gasteiger partial charge in [0, 0.05) is 0 Å². The fraction of sp³-hybridized carbons (Fsp3) is 0.222. The maximum Gasteiger partial charge on any atom is 0.320 e. The molecule has 0 bridgehead atoms. The molecule has 9 heteroatoms. The Morgan fingerprint density at radius 3 is 0.833 bits per heavy atom. The average Bonchev–Trinajstić information content (AvgIpc) is 2.86. The van der Waals surface area contributed by atoms with Crippen LogP contribution in [0.3, 0.4) is 0 Å². The van der Waals surface area contributed by atoms with Gasteiger partial charge in [0.1, 0.15) is 18.1 Å². The SMILES string of the molecule is N[C@H](Cc1ccccc1)C(=O)O.N[C@H](Cc1ccccc1)C(=O)O.N[C@H](Cc1ccccc1)C(=O)O. The standard InChI is InChI=1S/3C9H11NO2/c3*10-8(9(11)12)6-7-4-2-1-3-5-7/h3*1-5,8H,6,10H2,(H,11,12)/t3*8-/m111/s1. The maximum absolute atomic E-state index is 10.4. The topological polar surface area (TPSA) is 190 Å². The van der Waals surface area contributed by atoms with Crippen molar-refractivity contribution in [2.24, 2.45) is 17.2 Å². The molecule has 0 saturated heterocycles. The Balaban J connectivity index is 0.000000270. The Morgan fingerprint density at radius 2 is 0.667 bits per heavy atom. The minimum Gasteiger partial charge on any atom is -0.480 e. The van der Waals surface area contributed by atoms with E-state index in [-0.39, 0.29) is 0 Å². The van der Waals surface area contributed by atoms with Crippen LogP contribution in [0.1, 0.15) is 16.7 Å². The van der Waals surface area contributed by atoms with Crippen molar-refractivity contribution in [1.82, 2.24) is 0 Å². The van der Waals surface area contributed by atoms with Gasteiger partial charge in [-0.15, -0.1) is 0 Å². The van der Waals surface area contributed by atoms with Crippen LogP contribution in [0.4, 0.5) is 0 Å². The van der Waals surface area contributed by atoms with Crippen molar-refractivity contribution in [3.8, 4) is 0 Å². The molecule has 36 heavy (non-hydrogen) atoms. The van der Waals surface area contributed by atoms with Gasteiger partial charge in [0.25, 0.3) is 0 Å². The summed E-state index contributed by atoms with van der Waals surface area (Å²) >= 11 is 0. The number of aliphatic carboxylic acids is 3. The summed E-state index contributed by atoms with van der Waals surface area (Å²) in [5, 5.41) is 25.6. The third-order valence-corrected chi connectivity index (χ3v) is 4.85. The molecule has 0 saturated carbocycles. The number of hydrogen-bond donors (Lipinski definition) is 6. The Kier molecular flexibility index (Phi) is 13.8. The molecular weight excluding hydrogens is 462 g/mol. The summed E-state index contributed by atoms with van der Waals surface area (Å²) in [7, 11) is 0. The predicted molar refractivity (Wildman–Crippen MR) is 137 cm³/mol. The highest BCUT2D eigenvalue weighted by atomic mass is 16.4. The number of carboxylic acid groups (broad SMARTS) is 3. The molecule has 0 aliphatic carbocycles. The van der Waals surface area contributed by atoms with Crippen LogP contribution in [0, 0.1) is 0 Å². The Morgan fingerprint density at radius 1 is 0.472 bits per heavy atom. The lowest BCUT2D eigenvalue weighted by Crippen LogP contribution is -2.32. The average molecular weight is 496 g/mol. The van der Waals surface area contributed by atoms with Gasteiger partial charge in [0.15, 0.2) is 0 Å². The molecule has 0 unspecified atom stereocenters. The molecule has 0 spiro atoms. The summed E-state index contributed by atoms with van der Waals surface area (Å²) in [5.74, 6) is -2.88. The van der Waals surface area contributed by atoms with E-state index >= 15 is 0 Å². The van der Waals surface area contributed by atoms with Gasteiger partial charge in [0.2, 0.25) is 0 Å². The quantitative estimate of drug-likeness (QED) is 0.257. The third-order valence-electron chi connectivity index (χ3n) is 4.85. The van der Waals surface area contributed by atoms with Gasteiger partial charge in [-0.25, -0.2) is 0 Å². The minimum absolute atomic E-state index is 0.385. The molecule has 3 atom stereocenters. The molecule has 3 aromatic rings. The molecule has 0 amide bonds. The molecule has 0 aliphatic heterocycles. The summed E-state index contributed by atoms with van der Waals surface area (Å²) in [6, 6.07) is 25.6. The molecule has 9 N–H and O–H groups in total. The lowest BCUT2D eigenvalue weighted by Gasteiger charge is -2.04.